The highest BCUT2D eigenvalue weighted by molar-refractivity contribution is 6.07. The molecule has 1 aliphatic heterocycles. The van der Waals surface area contributed by atoms with Gasteiger partial charge in [0.05, 0.1) is 22.5 Å². The Morgan fingerprint density at radius 1 is 0.900 bits per heavy atom. The molecule has 0 bridgehead atoms. The first-order valence-corrected chi connectivity index (χ1v) is 6.79. The topological polar surface area (TPSA) is 115 Å². The summed E-state index contributed by atoms with van der Waals surface area (Å²) in [6.45, 7) is 1.46. The number of rotatable bonds is 2. The van der Waals surface area contributed by atoms with Gasteiger partial charge in [0.15, 0.2) is 0 Å². The van der Waals surface area contributed by atoms with Crippen molar-refractivity contribution in [2.75, 3.05) is 24.6 Å². The van der Waals surface area contributed by atoms with Crippen molar-refractivity contribution >= 4 is 23.2 Å². The molecule has 0 spiro atoms. The molecule has 0 radical (unpaired) electrons. The number of carbonyl (C=O) groups is 2. The van der Waals surface area contributed by atoms with Crippen LogP contribution in [-0.4, -0.2) is 29.8 Å². The van der Waals surface area contributed by atoms with E-state index in [2.05, 4.69) is 0 Å². The van der Waals surface area contributed by atoms with Gasteiger partial charge < -0.3 is 22.1 Å². The molecule has 1 aromatic rings. The maximum atomic E-state index is 12.5. The maximum absolute atomic E-state index is 12.5. The van der Waals surface area contributed by atoms with Crippen molar-refractivity contribution in [1.82, 2.24) is 4.90 Å². The zero-order chi connectivity index (χ0) is 14.7. The van der Waals surface area contributed by atoms with Crippen molar-refractivity contribution in [3.05, 3.63) is 23.3 Å². The van der Waals surface area contributed by atoms with E-state index in [-0.39, 0.29) is 22.8 Å². The number of hydrogen-bond acceptors (Lipinski definition) is 4. The molecular formula is C14H20N4O2. The molecule has 0 aromatic heterocycles. The third kappa shape index (κ3) is 2.68. The highest BCUT2D eigenvalue weighted by atomic mass is 16.2. The van der Waals surface area contributed by atoms with Crippen LogP contribution in [-0.2, 0) is 0 Å². The number of primary amides is 1. The normalized spacial score (nSPS) is 15.7. The van der Waals surface area contributed by atoms with Gasteiger partial charge in [0, 0.05) is 13.1 Å². The molecule has 0 aliphatic carbocycles. The molecule has 6 nitrogen and oxygen atoms in total. The fourth-order valence-electron chi connectivity index (χ4n) is 2.48. The molecule has 1 saturated heterocycles. The van der Waals surface area contributed by atoms with E-state index in [0.29, 0.717) is 5.56 Å². The number of nitrogens with zero attached hydrogens (tertiary/aromatic N) is 1. The predicted octanol–water partition coefficient (Wildman–Crippen LogP) is 0.966. The smallest absolute Gasteiger partial charge is 0.256 e. The van der Waals surface area contributed by atoms with Gasteiger partial charge in [-0.15, -0.1) is 0 Å². The Bertz CT molecular complexity index is 534. The summed E-state index contributed by atoms with van der Waals surface area (Å²) in [7, 11) is 0. The standard InChI is InChI=1S/C14H20N4O2/c15-11-9(13(17)19)5-6-10(12(11)16)14(20)18-7-3-1-2-4-8-18/h5-6H,1-4,7-8,15-16H2,(H2,17,19). The highest BCUT2D eigenvalue weighted by Crippen LogP contribution is 2.26. The van der Waals surface area contributed by atoms with Crippen molar-refractivity contribution in [1.29, 1.82) is 0 Å². The van der Waals surface area contributed by atoms with Gasteiger partial charge in [0.2, 0.25) is 0 Å². The Hall–Kier alpha value is -2.24. The zero-order valence-corrected chi connectivity index (χ0v) is 11.4. The van der Waals surface area contributed by atoms with E-state index >= 15 is 0 Å². The summed E-state index contributed by atoms with van der Waals surface area (Å²) in [5.41, 5.74) is 17.6. The Morgan fingerprint density at radius 3 is 1.95 bits per heavy atom. The first-order chi connectivity index (χ1) is 9.52. The molecule has 1 fully saturated rings. The summed E-state index contributed by atoms with van der Waals surface area (Å²) >= 11 is 0. The van der Waals surface area contributed by atoms with Crippen molar-refractivity contribution < 1.29 is 9.59 Å². The van der Waals surface area contributed by atoms with Gasteiger partial charge in [-0.2, -0.15) is 0 Å². The molecule has 2 amide bonds. The van der Waals surface area contributed by atoms with E-state index in [1.807, 2.05) is 0 Å². The van der Waals surface area contributed by atoms with Gasteiger partial charge in [0.25, 0.3) is 11.8 Å². The van der Waals surface area contributed by atoms with Crippen LogP contribution in [0.15, 0.2) is 12.1 Å². The largest absolute Gasteiger partial charge is 0.396 e. The van der Waals surface area contributed by atoms with Crippen molar-refractivity contribution in [2.24, 2.45) is 5.73 Å². The minimum atomic E-state index is -0.650. The Labute approximate surface area is 117 Å². The van der Waals surface area contributed by atoms with E-state index in [1.165, 1.54) is 12.1 Å². The van der Waals surface area contributed by atoms with E-state index < -0.39 is 5.91 Å². The van der Waals surface area contributed by atoms with Crippen LogP contribution in [0.3, 0.4) is 0 Å². The second kappa shape index (κ2) is 5.81. The summed E-state index contributed by atoms with van der Waals surface area (Å²) in [6, 6.07) is 2.98. The number of hydrogen-bond donors (Lipinski definition) is 3. The number of nitrogens with two attached hydrogens (primary N) is 3. The van der Waals surface area contributed by atoms with Gasteiger partial charge >= 0.3 is 0 Å². The number of likely N-dealkylation sites (tertiary alicyclic amines) is 1. The second-order valence-corrected chi connectivity index (χ2v) is 5.06. The van der Waals surface area contributed by atoms with Gasteiger partial charge in [0.1, 0.15) is 0 Å². The van der Waals surface area contributed by atoms with Gasteiger partial charge in [-0.25, -0.2) is 0 Å². The molecule has 6 N–H and O–H groups in total. The Balaban J connectivity index is 2.30. The van der Waals surface area contributed by atoms with Crippen LogP contribution in [0.1, 0.15) is 46.4 Å². The minimum absolute atomic E-state index is 0.0816. The second-order valence-electron chi connectivity index (χ2n) is 5.06. The van der Waals surface area contributed by atoms with E-state index in [0.717, 1.165) is 38.8 Å². The third-order valence-electron chi connectivity index (χ3n) is 3.68. The van der Waals surface area contributed by atoms with Crippen LogP contribution in [0.25, 0.3) is 0 Å². The van der Waals surface area contributed by atoms with Crippen LogP contribution in [0.2, 0.25) is 0 Å². The summed E-state index contributed by atoms with van der Waals surface area (Å²) in [6.07, 6.45) is 4.28. The molecule has 108 valence electrons. The number of amides is 2. The molecular weight excluding hydrogens is 256 g/mol. The van der Waals surface area contributed by atoms with Crippen LogP contribution in [0.4, 0.5) is 11.4 Å². The van der Waals surface area contributed by atoms with E-state index in [9.17, 15) is 9.59 Å². The van der Waals surface area contributed by atoms with Gasteiger partial charge in [-0.3, -0.25) is 9.59 Å². The predicted molar refractivity (Wildman–Crippen MR) is 78.2 cm³/mol. The minimum Gasteiger partial charge on any atom is -0.396 e. The fraction of sp³-hybridized carbons (Fsp3) is 0.429. The van der Waals surface area contributed by atoms with Gasteiger partial charge in [-0.05, 0) is 25.0 Å². The number of carbonyl (C=O) groups excluding carboxylic acids is 2. The number of anilines is 2. The monoisotopic (exact) mass is 276 g/mol. The molecule has 20 heavy (non-hydrogen) atoms. The molecule has 0 atom stereocenters. The maximum Gasteiger partial charge on any atom is 0.256 e. The molecule has 1 aliphatic rings. The lowest BCUT2D eigenvalue weighted by atomic mass is 10.0. The first kappa shape index (κ1) is 14.2. The number of nitrogen functional groups attached to an aromatic ring is 2. The quantitative estimate of drug-likeness (QED) is 0.698. The van der Waals surface area contributed by atoms with E-state index in [1.54, 1.807) is 4.90 Å². The van der Waals surface area contributed by atoms with Crippen molar-refractivity contribution in [3.8, 4) is 0 Å². The summed E-state index contributed by atoms with van der Waals surface area (Å²) in [5, 5.41) is 0. The SMILES string of the molecule is NC(=O)c1ccc(C(=O)N2CCCCCC2)c(N)c1N. The van der Waals surface area contributed by atoms with Gasteiger partial charge in [-0.1, -0.05) is 12.8 Å². The van der Waals surface area contributed by atoms with Crippen molar-refractivity contribution in [3.63, 3.8) is 0 Å². The third-order valence-corrected chi connectivity index (χ3v) is 3.68. The summed E-state index contributed by atoms with van der Waals surface area (Å²) in [4.78, 5) is 25.5. The molecule has 6 heteroatoms. The lowest BCUT2D eigenvalue weighted by Gasteiger charge is -2.21. The molecule has 0 unspecified atom stereocenters. The van der Waals surface area contributed by atoms with Crippen LogP contribution in [0.5, 0.6) is 0 Å². The van der Waals surface area contributed by atoms with Crippen molar-refractivity contribution in [2.45, 2.75) is 25.7 Å². The molecule has 0 saturated carbocycles. The molecule has 2 rings (SSSR count). The highest BCUT2D eigenvalue weighted by Gasteiger charge is 2.22. The first-order valence-electron chi connectivity index (χ1n) is 6.79. The molecule has 1 aromatic carbocycles. The fourth-order valence-corrected chi connectivity index (χ4v) is 2.48. The van der Waals surface area contributed by atoms with E-state index in [4.69, 9.17) is 17.2 Å². The lowest BCUT2D eigenvalue weighted by molar-refractivity contribution is 0.0762. The van der Waals surface area contributed by atoms with Crippen LogP contribution >= 0.6 is 0 Å². The Morgan fingerprint density at radius 2 is 1.40 bits per heavy atom. The number of benzene rings is 1. The van der Waals surface area contributed by atoms with Crippen LogP contribution in [0, 0.1) is 0 Å². The average molecular weight is 276 g/mol. The lowest BCUT2D eigenvalue weighted by Crippen LogP contribution is -2.32. The van der Waals surface area contributed by atoms with Crippen LogP contribution < -0.4 is 17.2 Å². The Kier molecular flexibility index (Phi) is 4.12. The zero-order valence-electron chi connectivity index (χ0n) is 11.4. The summed E-state index contributed by atoms with van der Waals surface area (Å²) < 4.78 is 0. The molecule has 1 heterocycles. The average Bonchev–Trinajstić information content (AvgIpc) is 2.69. The summed E-state index contributed by atoms with van der Waals surface area (Å²) in [5.74, 6) is -0.782.